The summed E-state index contributed by atoms with van der Waals surface area (Å²) >= 11 is 0. The molecule has 0 aliphatic carbocycles. The first kappa shape index (κ1) is 21.7. The molecule has 0 saturated carbocycles. The quantitative estimate of drug-likeness (QED) is 0.512. The van der Waals surface area contributed by atoms with Crippen LogP contribution in [0.25, 0.3) is 11.4 Å². The van der Waals surface area contributed by atoms with Crippen molar-refractivity contribution >= 4 is 11.4 Å². The van der Waals surface area contributed by atoms with E-state index in [-0.39, 0.29) is 0 Å². The zero-order valence-electron chi connectivity index (χ0n) is 16.5. The van der Waals surface area contributed by atoms with Gasteiger partial charge in [-0.2, -0.15) is 0 Å². The predicted octanol–water partition coefficient (Wildman–Crippen LogP) is 5.88. The molecule has 0 aliphatic heterocycles. The van der Waals surface area contributed by atoms with Gasteiger partial charge < -0.3 is 10.6 Å². The van der Waals surface area contributed by atoms with E-state index in [0.717, 1.165) is 33.9 Å². The fraction of sp³-hybridized carbons (Fsp3) is 0.125. The van der Waals surface area contributed by atoms with Crippen LogP contribution in [0.4, 0.5) is 0 Å². The highest BCUT2D eigenvalue weighted by Crippen LogP contribution is 2.16. The maximum absolute atomic E-state index is 4.48. The minimum atomic E-state index is 0.700. The number of pyridine rings is 1. The molecule has 0 saturated heterocycles. The first-order chi connectivity index (χ1) is 12.9. The molecule has 3 nitrogen and oxygen atoms in total. The molecule has 27 heavy (non-hydrogen) atoms. The molecule has 0 atom stereocenters. The van der Waals surface area contributed by atoms with Crippen LogP contribution in [0.1, 0.15) is 32.0 Å². The molecule has 0 aromatic carbocycles. The Morgan fingerprint density at radius 2 is 1.63 bits per heavy atom. The summed E-state index contributed by atoms with van der Waals surface area (Å²) in [6, 6.07) is 3.86. The lowest BCUT2D eigenvalue weighted by molar-refractivity contribution is 1.08. The van der Waals surface area contributed by atoms with Crippen LogP contribution in [-0.2, 0) is 0 Å². The van der Waals surface area contributed by atoms with Crippen LogP contribution < -0.4 is 10.6 Å². The minimum absolute atomic E-state index is 0.700. The first-order valence-electron chi connectivity index (χ1n) is 8.75. The van der Waals surface area contributed by atoms with Gasteiger partial charge in [-0.25, -0.2) is 0 Å². The predicted molar refractivity (Wildman–Crippen MR) is 119 cm³/mol. The van der Waals surface area contributed by atoms with E-state index in [1.54, 1.807) is 12.3 Å². The van der Waals surface area contributed by atoms with Crippen molar-refractivity contribution in [2.75, 3.05) is 0 Å². The van der Waals surface area contributed by atoms with Gasteiger partial charge >= 0.3 is 0 Å². The van der Waals surface area contributed by atoms with Gasteiger partial charge in [-0.3, -0.25) is 4.98 Å². The SMILES string of the molecule is C=C/C(=C\C=C/C)NC(=C)c1ccc(C(=C)N/C(=C/C=C\C)C(=C)C)cn1. The van der Waals surface area contributed by atoms with E-state index in [1.807, 2.05) is 69.4 Å². The van der Waals surface area contributed by atoms with Crippen molar-refractivity contribution in [3.8, 4) is 0 Å². The van der Waals surface area contributed by atoms with Crippen molar-refractivity contribution in [1.29, 1.82) is 0 Å². The molecule has 0 fully saturated rings. The highest BCUT2D eigenvalue weighted by atomic mass is 14.9. The highest BCUT2D eigenvalue weighted by Gasteiger charge is 2.05. The summed E-state index contributed by atoms with van der Waals surface area (Å²) in [6.07, 6.45) is 15.2. The summed E-state index contributed by atoms with van der Waals surface area (Å²) in [5, 5.41) is 6.49. The molecule has 0 spiro atoms. The molecule has 1 aromatic rings. The van der Waals surface area contributed by atoms with Crippen LogP contribution in [0.15, 0.2) is 104 Å². The van der Waals surface area contributed by atoms with Gasteiger partial charge in [-0.15, -0.1) is 0 Å². The van der Waals surface area contributed by atoms with E-state index < -0.39 is 0 Å². The van der Waals surface area contributed by atoms with Crippen molar-refractivity contribution in [2.24, 2.45) is 0 Å². The number of aromatic nitrogens is 1. The monoisotopic (exact) mass is 359 g/mol. The maximum atomic E-state index is 4.48. The van der Waals surface area contributed by atoms with E-state index in [1.165, 1.54) is 0 Å². The zero-order valence-corrected chi connectivity index (χ0v) is 16.5. The number of rotatable bonds is 10. The van der Waals surface area contributed by atoms with Gasteiger partial charge in [0.25, 0.3) is 0 Å². The molecule has 0 aliphatic rings. The van der Waals surface area contributed by atoms with Crippen molar-refractivity contribution in [3.05, 3.63) is 115 Å². The second-order valence-corrected chi connectivity index (χ2v) is 5.88. The molecule has 0 bridgehead atoms. The molecule has 1 heterocycles. The van der Waals surface area contributed by atoms with Crippen LogP contribution in [-0.4, -0.2) is 4.98 Å². The molecule has 2 N–H and O–H groups in total. The summed E-state index contributed by atoms with van der Waals surface area (Å²) in [6.45, 7) is 21.8. The summed E-state index contributed by atoms with van der Waals surface area (Å²) in [5.41, 5.74) is 5.81. The lowest BCUT2D eigenvalue weighted by atomic mass is 10.1. The maximum Gasteiger partial charge on any atom is 0.0858 e. The second kappa shape index (κ2) is 11.3. The van der Waals surface area contributed by atoms with Crippen LogP contribution >= 0.6 is 0 Å². The lowest BCUT2D eigenvalue weighted by Gasteiger charge is -2.14. The molecular weight excluding hydrogens is 330 g/mol. The van der Waals surface area contributed by atoms with E-state index in [4.69, 9.17) is 0 Å². The molecule has 0 radical (unpaired) electrons. The number of nitrogens with zero attached hydrogens (tertiary/aromatic N) is 1. The fourth-order valence-electron chi connectivity index (χ4n) is 2.07. The Balaban J connectivity index is 2.88. The van der Waals surface area contributed by atoms with Gasteiger partial charge in [-0.1, -0.05) is 50.6 Å². The molecule has 140 valence electrons. The highest BCUT2D eigenvalue weighted by molar-refractivity contribution is 5.66. The smallest absolute Gasteiger partial charge is 0.0858 e. The lowest BCUT2D eigenvalue weighted by Crippen LogP contribution is -2.13. The van der Waals surface area contributed by atoms with E-state index in [0.29, 0.717) is 5.70 Å². The molecule has 1 rings (SSSR count). The van der Waals surface area contributed by atoms with Gasteiger partial charge in [0.05, 0.1) is 11.4 Å². The average Bonchev–Trinajstić information content (AvgIpc) is 2.67. The topological polar surface area (TPSA) is 37.0 Å². The Labute approximate surface area is 163 Å². The fourth-order valence-corrected chi connectivity index (χ4v) is 2.07. The number of hydrogen-bond acceptors (Lipinski definition) is 3. The standard InChI is InChI=1S/C24H29N3/c1-8-11-13-22(10-3)26-20(7)24-16-15-21(17-25-24)19(6)27-23(18(4)5)14-12-9-2/h8-17,26-27H,3-4,6-7H2,1-2,5H3/b11-8-,12-9-,22-13+,23-14+. The van der Waals surface area contributed by atoms with Crippen molar-refractivity contribution < 1.29 is 0 Å². The summed E-state index contributed by atoms with van der Waals surface area (Å²) in [4.78, 5) is 4.48. The van der Waals surface area contributed by atoms with Crippen molar-refractivity contribution in [2.45, 2.75) is 20.8 Å². The summed E-state index contributed by atoms with van der Waals surface area (Å²) in [7, 11) is 0. The minimum Gasteiger partial charge on any atom is -0.355 e. The Bertz CT molecular complexity index is 816. The first-order valence-corrected chi connectivity index (χ1v) is 8.75. The van der Waals surface area contributed by atoms with Crippen LogP contribution in [0.5, 0.6) is 0 Å². The molecule has 3 heteroatoms. The Morgan fingerprint density at radius 3 is 2.15 bits per heavy atom. The average molecular weight is 360 g/mol. The number of allylic oxidation sites excluding steroid dienone is 8. The zero-order chi connectivity index (χ0) is 20.2. The number of nitrogens with one attached hydrogen (secondary N) is 2. The largest absolute Gasteiger partial charge is 0.355 e. The van der Waals surface area contributed by atoms with Gasteiger partial charge in [0, 0.05) is 28.9 Å². The second-order valence-electron chi connectivity index (χ2n) is 5.88. The van der Waals surface area contributed by atoms with Gasteiger partial charge in [0.2, 0.25) is 0 Å². The van der Waals surface area contributed by atoms with E-state index in [2.05, 4.69) is 41.9 Å². The Morgan fingerprint density at radius 1 is 0.963 bits per heavy atom. The van der Waals surface area contributed by atoms with Crippen molar-refractivity contribution in [3.63, 3.8) is 0 Å². The van der Waals surface area contributed by atoms with Gasteiger partial charge in [0.15, 0.2) is 0 Å². The third kappa shape index (κ3) is 7.20. The molecule has 0 unspecified atom stereocenters. The van der Waals surface area contributed by atoms with Crippen LogP contribution in [0.3, 0.4) is 0 Å². The van der Waals surface area contributed by atoms with E-state index >= 15 is 0 Å². The van der Waals surface area contributed by atoms with Crippen molar-refractivity contribution in [1.82, 2.24) is 15.6 Å². The van der Waals surface area contributed by atoms with Crippen LogP contribution in [0, 0.1) is 0 Å². The molecular formula is C24H29N3. The van der Waals surface area contributed by atoms with Gasteiger partial charge in [0.1, 0.15) is 0 Å². The normalized spacial score (nSPS) is 12.3. The third-order valence-electron chi connectivity index (χ3n) is 3.61. The summed E-state index contributed by atoms with van der Waals surface area (Å²) in [5.74, 6) is 0. The molecule has 0 amide bonds. The van der Waals surface area contributed by atoms with Crippen LogP contribution in [0.2, 0.25) is 0 Å². The molecule has 1 aromatic heterocycles. The third-order valence-corrected chi connectivity index (χ3v) is 3.61. The number of hydrogen-bond donors (Lipinski definition) is 2. The Kier molecular flexibility index (Phi) is 9.10. The summed E-state index contributed by atoms with van der Waals surface area (Å²) < 4.78 is 0. The Hall–Kier alpha value is -3.33. The van der Waals surface area contributed by atoms with E-state index in [9.17, 15) is 0 Å². The van der Waals surface area contributed by atoms with Gasteiger partial charge in [-0.05, 0) is 56.7 Å².